The zero-order chi connectivity index (χ0) is 24.7. The summed E-state index contributed by atoms with van der Waals surface area (Å²) in [6.07, 6.45) is -3.03. The molecule has 3 aromatic heterocycles. The van der Waals surface area contributed by atoms with Gasteiger partial charge in [0.25, 0.3) is 5.91 Å². The van der Waals surface area contributed by atoms with Gasteiger partial charge in [0, 0.05) is 0 Å². The number of amides is 1. The number of hydrogen-bond acceptors (Lipinski definition) is 5. The first-order valence-electron chi connectivity index (χ1n) is 10.6. The molecular weight excluding hydrogens is 461 g/mol. The Hall–Kier alpha value is -4.41. The molecule has 5 aromatic rings. The number of alkyl halides is 3. The minimum absolute atomic E-state index is 0.0602. The Labute approximate surface area is 197 Å². The molecule has 1 amide bonds. The quantitative estimate of drug-likeness (QED) is 0.376. The maximum absolute atomic E-state index is 13.2. The van der Waals surface area contributed by atoms with Gasteiger partial charge in [-0.25, -0.2) is 9.67 Å². The molecule has 0 bridgehead atoms. The largest absolute Gasteiger partial charge is 0.467 e. The maximum atomic E-state index is 13.2. The van der Waals surface area contributed by atoms with E-state index in [1.165, 1.54) is 17.0 Å². The van der Waals surface area contributed by atoms with Crippen molar-refractivity contribution in [2.75, 3.05) is 5.32 Å². The summed E-state index contributed by atoms with van der Waals surface area (Å²) in [5, 5.41) is 10.8. The molecule has 11 heteroatoms. The van der Waals surface area contributed by atoms with Crippen molar-refractivity contribution in [3.8, 4) is 5.69 Å². The molecule has 0 aliphatic rings. The smallest absolute Gasteiger partial charge is 0.416 e. The molecule has 5 rings (SSSR count). The number of imidazole rings is 1. The summed E-state index contributed by atoms with van der Waals surface area (Å²) in [7, 11) is 0. The molecule has 0 fully saturated rings. The van der Waals surface area contributed by atoms with Crippen LogP contribution >= 0.6 is 0 Å². The molecule has 3 heterocycles. The normalized spacial score (nSPS) is 11.8. The summed E-state index contributed by atoms with van der Waals surface area (Å²) in [6.45, 7) is 3.82. The molecule has 0 saturated carbocycles. The van der Waals surface area contributed by atoms with E-state index >= 15 is 0 Å². The average Bonchev–Trinajstić information content (AvgIpc) is 3.54. The van der Waals surface area contributed by atoms with Crippen molar-refractivity contribution in [3.05, 3.63) is 89.1 Å². The number of nitrogens with one attached hydrogen (secondary N) is 1. The monoisotopic (exact) mass is 480 g/mol. The van der Waals surface area contributed by atoms with Crippen LogP contribution in [0.3, 0.4) is 0 Å². The molecule has 178 valence electrons. The van der Waals surface area contributed by atoms with Gasteiger partial charge >= 0.3 is 6.18 Å². The molecular formula is C24H19F3N6O2. The van der Waals surface area contributed by atoms with E-state index in [0.29, 0.717) is 17.0 Å². The molecule has 8 nitrogen and oxygen atoms in total. The Kier molecular flexibility index (Phi) is 5.39. The van der Waals surface area contributed by atoms with Crippen molar-refractivity contribution in [2.45, 2.75) is 26.6 Å². The van der Waals surface area contributed by atoms with Crippen molar-refractivity contribution in [3.63, 3.8) is 0 Å². The van der Waals surface area contributed by atoms with Crippen LogP contribution in [0.5, 0.6) is 0 Å². The average molecular weight is 480 g/mol. The van der Waals surface area contributed by atoms with Crippen molar-refractivity contribution in [1.29, 1.82) is 0 Å². The van der Waals surface area contributed by atoms with Gasteiger partial charge in [-0.3, -0.25) is 10.1 Å². The van der Waals surface area contributed by atoms with Gasteiger partial charge in [-0.1, -0.05) is 22.9 Å². The number of anilines is 1. The van der Waals surface area contributed by atoms with Gasteiger partial charge in [0.05, 0.1) is 40.8 Å². The number of carbonyl (C=O) groups excluding carboxylic acids is 1. The fourth-order valence-electron chi connectivity index (χ4n) is 3.75. The van der Waals surface area contributed by atoms with Crippen LogP contribution in [-0.4, -0.2) is 30.5 Å². The maximum Gasteiger partial charge on any atom is 0.416 e. The third-order valence-electron chi connectivity index (χ3n) is 5.58. The highest BCUT2D eigenvalue weighted by molar-refractivity contribution is 6.03. The van der Waals surface area contributed by atoms with Crippen molar-refractivity contribution >= 4 is 22.9 Å². The van der Waals surface area contributed by atoms with E-state index in [1.807, 2.05) is 31.2 Å². The number of carbonyl (C=O) groups is 1. The van der Waals surface area contributed by atoms with Crippen LogP contribution < -0.4 is 5.32 Å². The molecule has 0 unspecified atom stereocenters. The van der Waals surface area contributed by atoms with Crippen molar-refractivity contribution < 1.29 is 22.4 Å². The predicted molar refractivity (Wildman–Crippen MR) is 121 cm³/mol. The van der Waals surface area contributed by atoms with Crippen LogP contribution in [0.15, 0.2) is 65.3 Å². The lowest BCUT2D eigenvalue weighted by atomic mass is 10.2. The van der Waals surface area contributed by atoms with Gasteiger partial charge in [0.1, 0.15) is 5.76 Å². The second-order valence-corrected chi connectivity index (χ2v) is 8.03. The number of rotatable bonds is 5. The predicted octanol–water partition coefficient (Wildman–Crippen LogP) is 5.15. The molecule has 0 spiro atoms. The van der Waals surface area contributed by atoms with Crippen LogP contribution in [0, 0.1) is 13.8 Å². The van der Waals surface area contributed by atoms with Crippen LogP contribution in [0.25, 0.3) is 16.7 Å². The lowest BCUT2D eigenvalue weighted by Gasteiger charge is -2.09. The second kappa shape index (κ2) is 8.42. The van der Waals surface area contributed by atoms with Crippen molar-refractivity contribution in [2.24, 2.45) is 0 Å². The van der Waals surface area contributed by atoms with E-state index in [9.17, 15) is 18.0 Å². The fraction of sp³-hybridized carbons (Fsp3) is 0.167. The Morgan fingerprint density at radius 1 is 1.09 bits per heavy atom. The van der Waals surface area contributed by atoms with E-state index in [4.69, 9.17) is 4.42 Å². The molecule has 0 atom stereocenters. The molecule has 0 saturated heterocycles. The Morgan fingerprint density at radius 3 is 2.54 bits per heavy atom. The first kappa shape index (κ1) is 22.4. The zero-order valence-corrected chi connectivity index (χ0v) is 18.7. The Balaban J connectivity index is 1.51. The van der Waals surface area contributed by atoms with Gasteiger partial charge < -0.3 is 8.98 Å². The lowest BCUT2D eigenvalue weighted by molar-refractivity contribution is -0.137. The third kappa shape index (κ3) is 4.27. The van der Waals surface area contributed by atoms with Crippen LogP contribution in [0.1, 0.15) is 33.1 Å². The molecule has 0 radical (unpaired) electrons. The highest BCUT2D eigenvalue weighted by Crippen LogP contribution is 2.32. The van der Waals surface area contributed by atoms with Crippen LogP contribution in [0.4, 0.5) is 19.1 Å². The highest BCUT2D eigenvalue weighted by Gasteiger charge is 2.31. The van der Waals surface area contributed by atoms with Crippen molar-refractivity contribution in [1.82, 2.24) is 24.5 Å². The third-order valence-corrected chi connectivity index (χ3v) is 5.58. The van der Waals surface area contributed by atoms with Crippen LogP contribution in [-0.2, 0) is 12.7 Å². The van der Waals surface area contributed by atoms with E-state index < -0.39 is 17.6 Å². The SMILES string of the molecule is Cc1ccc(-n2nnc(C(=O)Nc3nc4cc(C(F)(F)F)ccc4n3Cc3ccco3)c2C)cc1. The molecule has 2 aromatic carbocycles. The number of furan rings is 1. The molecule has 0 aliphatic heterocycles. The molecule has 35 heavy (non-hydrogen) atoms. The summed E-state index contributed by atoms with van der Waals surface area (Å²) in [5.41, 5.74) is 2.05. The van der Waals surface area contributed by atoms with Gasteiger partial charge in [-0.05, 0) is 56.3 Å². The Morgan fingerprint density at radius 2 is 1.86 bits per heavy atom. The molecule has 1 N–H and O–H groups in total. The minimum Gasteiger partial charge on any atom is -0.467 e. The van der Waals surface area contributed by atoms with E-state index in [2.05, 4.69) is 20.6 Å². The number of aryl methyl sites for hydroxylation is 1. The minimum atomic E-state index is -4.52. The topological polar surface area (TPSA) is 90.8 Å². The zero-order valence-electron chi connectivity index (χ0n) is 18.7. The summed E-state index contributed by atoms with van der Waals surface area (Å²) < 4.78 is 48.2. The van der Waals surface area contributed by atoms with E-state index in [1.54, 1.807) is 23.6 Å². The number of fused-ring (bicyclic) bond motifs is 1. The number of benzene rings is 2. The van der Waals surface area contributed by atoms with Crippen LogP contribution in [0.2, 0.25) is 0 Å². The fourth-order valence-corrected chi connectivity index (χ4v) is 3.75. The summed E-state index contributed by atoms with van der Waals surface area (Å²) in [6, 6.07) is 14.2. The number of aromatic nitrogens is 5. The summed E-state index contributed by atoms with van der Waals surface area (Å²) in [4.78, 5) is 17.4. The van der Waals surface area contributed by atoms with E-state index in [-0.39, 0.29) is 23.7 Å². The summed E-state index contributed by atoms with van der Waals surface area (Å²) >= 11 is 0. The van der Waals surface area contributed by atoms with Gasteiger partial charge in [0.2, 0.25) is 5.95 Å². The van der Waals surface area contributed by atoms with Gasteiger partial charge in [-0.15, -0.1) is 5.10 Å². The standard InChI is InChI=1S/C24H19F3N6O2/c1-14-5-8-17(9-6-14)33-15(2)21(30-31-33)22(34)29-23-28-19-12-16(24(25,26)27)7-10-20(19)32(23)13-18-4-3-11-35-18/h3-12H,13H2,1-2H3,(H,28,29,34). The van der Waals surface area contributed by atoms with Gasteiger partial charge in [-0.2, -0.15) is 13.2 Å². The second-order valence-electron chi connectivity index (χ2n) is 8.03. The number of nitrogens with zero attached hydrogens (tertiary/aromatic N) is 5. The number of hydrogen-bond donors (Lipinski definition) is 1. The summed E-state index contributed by atoms with van der Waals surface area (Å²) in [5.74, 6) is 0.0131. The van der Waals surface area contributed by atoms with E-state index in [0.717, 1.165) is 23.4 Å². The first-order valence-corrected chi connectivity index (χ1v) is 10.6. The Bertz CT molecular complexity index is 1520. The first-order chi connectivity index (χ1) is 16.7. The van der Waals surface area contributed by atoms with Gasteiger partial charge in [0.15, 0.2) is 5.69 Å². The number of halogens is 3. The lowest BCUT2D eigenvalue weighted by Crippen LogP contribution is -2.18. The highest BCUT2D eigenvalue weighted by atomic mass is 19.4. The molecule has 0 aliphatic carbocycles.